The van der Waals surface area contributed by atoms with E-state index in [0.29, 0.717) is 18.5 Å². The summed E-state index contributed by atoms with van der Waals surface area (Å²) in [6, 6.07) is 6.76. The Labute approximate surface area is 190 Å². The Morgan fingerprint density at radius 1 is 1.09 bits per heavy atom. The van der Waals surface area contributed by atoms with Crippen LogP contribution in [0.25, 0.3) is 0 Å². The van der Waals surface area contributed by atoms with Crippen LogP contribution in [0.4, 0.5) is 10.5 Å². The lowest BCUT2D eigenvalue weighted by Gasteiger charge is -2.45. The van der Waals surface area contributed by atoms with Crippen LogP contribution in [0.2, 0.25) is 0 Å². The summed E-state index contributed by atoms with van der Waals surface area (Å²) < 4.78 is -0.665. The second-order valence-corrected chi connectivity index (χ2v) is 10.9. The highest BCUT2D eigenvalue weighted by Gasteiger charge is 2.64. The van der Waals surface area contributed by atoms with Gasteiger partial charge in [-0.25, -0.2) is 9.59 Å². The van der Waals surface area contributed by atoms with Crippen LogP contribution in [0.15, 0.2) is 30.3 Å². The number of fused-ring (bicyclic) bond motifs is 1. The van der Waals surface area contributed by atoms with Crippen LogP contribution in [0, 0.1) is 0 Å². The minimum atomic E-state index is -1.11. The van der Waals surface area contributed by atoms with Crippen molar-refractivity contribution in [1.82, 2.24) is 15.5 Å². The molecule has 0 radical (unpaired) electrons. The summed E-state index contributed by atoms with van der Waals surface area (Å²) in [5.74, 6) is -1.84. The molecular weight excluding hydrogens is 432 g/mol. The van der Waals surface area contributed by atoms with Crippen molar-refractivity contribution >= 4 is 41.3 Å². The maximum Gasteiger partial charge on any atom is 0.327 e. The third-order valence-corrected chi connectivity index (χ3v) is 8.06. The third-order valence-electron chi connectivity index (χ3n) is 6.49. The molecule has 4 amide bonds. The highest BCUT2D eigenvalue weighted by Crippen LogP contribution is 2.50. The molecule has 2 aliphatic heterocycles. The van der Waals surface area contributed by atoms with E-state index in [1.807, 2.05) is 6.07 Å². The molecule has 9 nitrogen and oxygen atoms in total. The van der Waals surface area contributed by atoms with Gasteiger partial charge >= 0.3 is 12.0 Å². The molecule has 1 unspecified atom stereocenters. The number of carbonyl (C=O) groups is 4. The lowest BCUT2D eigenvalue weighted by atomic mass is 9.80. The molecule has 4 rings (SSSR count). The van der Waals surface area contributed by atoms with Gasteiger partial charge < -0.3 is 26.0 Å². The van der Waals surface area contributed by atoms with Gasteiger partial charge in [0.1, 0.15) is 23.0 Å². The number of β-lactam (4-membered cyclic amide) rings is 1. The van der Waals surface area contributed by atoms with Gasteiger partial charge in [-0.3, -0.25) is 9.59 Å². The van der Waals surface area contributed by atoms with Gasteiger partial charge in [0.15, 0.2) is 0 Å². The van der Waals surface area contributed by atoms with E-state index in [-0.39, 0.29) is 0 Å². The molecule has 2 saturated heterocycles. The van der Waals surface area contributed by atoms with E-state index in [4.69, 9.17) is 0 Å². The topological polar surface area (TPSA) is 128 Å². The van der Waals surface area contributed by atoms with Gasteiger partial charge in [0.05, 0.1) is 0 Å². The molecule has 1 aromatic rings. The molecule has 2 heterocycles. The van der Waals surface area contributed by atoms with Gasteiger partial charge in [0.2, 0.25) is 11.8 Å². The van der Waals surface area contributed by atoms with E-state index in [9.17, 15) is 24.3 Å². The number of aliphatic carboxylic acids is 1. The van der Waals surface area contributed by atoms with Crippen molar-refractivity contribution in [3.63, 3.8) is 0 Å². The van der Waals surface area contributed by atoms with Gasteiger partial charge in [-0.1, -0.05) is 37.5 Å². The first-order valence-electron chi connectivity index (χ1n) is 10.8. The molecule has 0 bridgehead atoms. The molecule has 0 aromatic heterocycles. The van der Waals surface area contributed by atoms with Crippen molar-refractivity contribution in [2.24, 2.45) is 0 Å². The van der Waals surface area contributed by atoms with Crippen LogP contribution in [0.3, 0.4) is 0 Å². The van der Waals surface area contributed by atoms with Crippen LogP contribution >= 0.6 is 11.8 Å². The van der Waals surface area contributed by atoms with Crippen molar-refractivity contribution in [2.45, 2.75) is 73.7 Å². The van der Waals surface area contributed by atoms with Gasteiger partial charge in [-0.15, -0.1) is 11.8 Å². The molecule has 3 atom stereocenters. The van der Waals surface area contributed by atoms with E-state index in [2.05, 4.69) is 16.0 Å². The standard InChI is InChI=1S/C22H28N4O5S/c1-21(2)15(18(28)29)26-16(27)14(17(26)32-21)24-19(30)22(11-7-4-8-12-22)25-20(31)23-13-9-5-3-6-10-13/h3,5-6,9-10,14-15,17H,4,7-8,11-12H2,1-2H3,(H,24,30)(H,28,29)(H2,23,25,31)/t14?,15-,17+/m0/s1. The van der Waals surface area contributed by atoms with E-state index < -0.39 is 51.6 Å². The molecule has 172 valence electrons. The first-order chi connectivity index (χ1) is 15.1. The number of carbonyl (C=O) groups excluding carboxylic acids is 3. The fourth-order valence-electron chi connectivity index (χ4n) is 4.89. The van der Waals surface area contributed by atoms with Crippen LogP contribution in [-0.2, 0) is 14.4 Å². The summed E-state index contributed by atoms with van der Waals surface area (Å²) in [5.41, 5.74) is -0.492. The second-order valence-electron chi connectivity index (χ2n) is 9.14. The summed E-state index contributed by atoms with van der Waals surface area (Å²) >= 11 is 1.38. The molecule has 0 spiro atoms. The number of thioether (sulfide) groups is 1. The zero-order chi connectivity index (χ0) is 23.1. The molecule has 3 fully saturated rings. The minimum absolute atomic E-state index is 0.393. The predicted octanol–water partition coefficient (Wildman–Crippen LogP) is 2.14. The molecular formula is C22H28N4O5S. The van der Waals surface area contributed by atoms with Crippen LogP contribution < -0.4 is 16.0 Å². The first-order valence-corrected chi connectivity index (χ1v) is 11.7. The zero-order valence-corrected chi connectivity index (χ0v) is 18.9. The molecule has 10 heteroatoms. The summed E-state index contributed by atoms with van der Waals surface area (Å²) in [6.07, 6.45) is 3.51. The predicted molar refractivity (Wildman–Crippen MR) is 120 cm³/mol. The number of nitrogens with one attached hydrogen (secondary N) is 3. The average Bonchev–Trinajstić information content (AvgIpc) is 3.01. The van der Waals surface area contributed by atoms with Crippen molar-refractivity contribution in [3.8, 4) is 0 Å². The fourth-order valence-corrected chi connectivity index (χ4v) is 6.52. The molecule has 4 N–H and O–H groups in total. The number of urea groups is 1. The molecule has 32 heavy (non-hydrogen) atoms. The highest BCUT2D eigenvalue weighted by molar-refractivity contribution is 8.01. The van der Waals surface area contributed by atoms with Gasteiger partial charge in [0, 0.05) is 10.4 Å². The number of hydrogen-bond acceptors (Lipinski definition) is 5. The Morgan fingerprint density at radius 3 is 2.38 bits per heavy atom. The number of rotatable bonds is 5. The normalized spacial score (nSPS) is 27.6. The van der Waals surface area contributed by atoms with Crippen LogP contribution in [0.1, 0.15) is 46.0 Å². The largest absolute Gasteiger partial charge is 0.480 e. The van der Waals surface area contributed by atoms with Gasteiger partial charge in [-0.05, 0) is 38.8 Å². The van der Waals surface area contributed by atoms with Gasteiger partial charge in [-0.2, -0.15) is 0 Å². The van der Waals surface area contributed by atoms with Crippen LogP contribution in [0.5, 0.6) is 0 Å². The summed E-state index contributed by atoms with van der Waals surface area (Å²) in [5, 5.41) is 17.6. The zero-order valence-electron chi connectivity index (χ0n) is 18.1. The van der Waals surface area contributed by atoms with E-state index in [0.717, 1.165) is 19.3 Å². The number of benzene rings is 1. The number of amides is 4. The number of nitrogens with zero attached hydrogens (tertiary/aromatic N) is 1. The minimum Gasteiger partial charge on any atom is -0.480 e. The molecule has 1 aromatic carbocycles. The number of anilines is 1. The number of para-hydroxylation sites is 1. The van der Waals surface area contributed by atoms with Crippen molar-refractivity contribution < 1.29 is 24.3 Å². The molecule has 1 aliphatic carbocycles. The SMILES string of the molecule is CC1(C)S[C@@H]2C(NC(=O)C3(NC(=O)Nc4ccccc4)CCCCC3)C(=O)N2[C@H]1C(=O)O. The maximum atomic E-state index is 13.4. The lowest BCUT2D eigenvalue weighted by molar-refractivity contribution is -0.161. The number of carboxylic acid groups (broad SMARTS) is 1. The Hall–Kier alpha value is -2.75. The smallest absolute Gasteiger partial charge is 0.327 e. The summed E-state index contributed by atoms with van der Waals surface area (Å²) in [4.78, 5) is 51.9. The third kappa shape index (κ3) is 3.92. The molecule has 3 aliphatic rings. The Bertz CT molecular complexity index is 932. The summed E-state index contributed by atoms with van der Waals surface area (Å²) in [6.45, 7) is 3.58. The summed E-state index contributed by atoms with van der Waals surface area (Å²) in [7, 11) is 0. The second kappa shape index (κ2) is 8.31. The quantitative estimate of drug-likeness (QED) is 0.499. The lowest BCUT2D eigenvalue weighted by Crippen LogP contribution is -2.73. The Morgan fingerprint density at radius 2 is 1.75 bits per heavy atom. The van der Waals surface area contributed by atoms with Crippen molar-refractivity contribution in [2.75, 3.05) is 5.32 Å². The highest BCUT2D eigenvalue weighted by atomic mass is 32.2. The Balaban J connectivity index is 1.47. The van der Waals surface area contributed by atoms with E-state index >= 15 is 0 Å². The van der Waals surface area contributed by atoms with Crippen LogP contribution in [-0.4, -0.2) is 61.6 Å². The fraction of sp³-hybridized carbons (Fsp3) is 0.545. The van der Waals surface area contributed by atoms with Gasteiger partial charge in [0.25, 0.3) is 0 Å². The van der Waals surface area contributed by atoms with Crippen molar-refractivity contribution in [3.05, 3.63) is 30.3 Å². The monoisotopic (exact) mass is 460 g/mol. The van der Waals surface area contributed by atoms with Crippen molar-refractivity contribution in [1.29, 1.82) is 0 Å². The number of carboxylic acids is 1. The van der Waals surface area contributed by atoms with E-state index in [1.165, 1.54) is 16.7 Å². The number of hydrogen-bond donors (Lipinski definition) is 4. The molecule has 1 saturated carbocycles. The maximum absolute atomic E-state index is 13.4. The average molecular weight is 461 g/mol. The first kappa shape index (κ1) is 22.4. The van der Waals surface area contributed by atoms with E-state index in [1.54, 1.807) is 38.1 Å². The Kier molecular flexibility index (Phi) is 5.83.